The molecule has 19 heteroatoms. The van der Waals surface area contributed by atoms with Crippen molar-refractivity contribution >= 4 is 39.5 Å². The maximum Gasteiger partial charge on any atom is 0.472 e. The van der Waals surface area contributed by atoms with E-state index in [0.29, 0.717) is 25.7 Å². The quantitative estimate of drug-likeness (QED) is 0.0222. The zero-order chi connectivity index (χ0) is 76.4. The molecule has 0 spiro atoms. The highest BCUT2D eigenvalue weighted by Gasteiger charge is 2.30. The Hall–Kier alpha value is -1.94. The number of rotatable bonds is 84. The number of hydrogen-bond acceptors (Lipinski definition) is 15. The number of aliphatic hydroxyl groups is 1. The van der Waals surface area contributed by atoms with Crippen molar-refractivity contribution < 1.29 is 80.2 Å². The van der Waals surface area contributed by atoms with Crippen molar-refractivity contribution in [1.29, 1.82) is 0 Å². The van der Waals surface area contributed by atoms with E-state index < -0.39 is 97.5 Å². The topological polar surface area (TPSA) is 237 Å². The molecule has 3 N–H and O–H groups in total. The zero-order valence-corrected chi connectivity index (χ0v) is 70.1. The fourth-order valence-electron chi connectivity index (χ4n) is 13.2. The number of phosphoric acid groups is 2. The van der Waals surface area contributed by atoms with E-state index in [0.717, 1.165) is 102 Å². The minimum atomic E-state index is -4.97. The lowest BCUT2D eigenvalue weighted by Gasteiger charge is -2.21. The molecule has 0 aromatic heterocycles. The first-order valence-electron chi connectivity index (χ1n) is 44.0. The van der Waals surface area contributed by atoms with E-state index in [9.17, 15) is 43.2 Å². The summed E-state index contributed by atoms with van der Waals surface area (Å²) in [6.45, 7) is 9.72. The van der Waals surface area contributed by atoms with Crippen molar-refractivity contribution in [3.8, 4) is 0 Å². The van der Waals surface area contributed by atoms with Crippen LogP contribution in [0.4, 0.5) is 0 Å². The lowest BCUT2D eigenvalue weighted by Crippen LogP contribution is -2.30. The predicted octanol–water partition coefficient (Wildman–Crippen LogP) is 25.8. The van der Waals surface area contributed by atoms with E-state index in [4.69, 9.17) is 37.0 Å². The van der Waals surface area contributed by atoms with Crippen LogP contribution in [0.5, 0.6) is 0 Å². The molecular weight excluding hydrogens is 1350 g/mol. The van der Waals surface area contributed by atoms with Gasteiger partial charge in [-0.1, -0.05) is 401 Å². The second kappa shape index (κ2) is 76.4. The maximum atomic E-state index is 13.1. The van der Waals surface area contributed by atoms with Gasteiger partial charge in [-0.25, -0.2) is 9.13 Å². The fraction of sp³-hybridized carbons (Fsp3) is 0.953. The van der Waals surface area contributed by atoms with Crippen LogP contribution in [-0.2, 0) is 65.4 Å². The van der Waals surface area contributed by atoms with Crippen molar-refractivity contribution in [1.82, 2.24) is 0 Å². The summed E-state index contributed by atoms with van der Waals surface area (Å²) in [5, 5.41) is 10.7. The van der Waals surface area contributed by atoms with Crippen LogP contribution in [0.3, 0.4) is 0 Å². The van der Waals surface area contributed by atoms with Gasteiger partial charge in [-0.2, -0.15) is 0 Å². The molecule has 618 valence electrons. The summed E-state index contributed by atoms with van der Waals surface area (Å²) >= 11 is 0. The van der Waals surface area contributed by atoms with Crippen molar-refractivity contribution in [3.05, 3.63) is 0 Å². The molecule has 0 aliphatic rings. The molecule has 0 saturated heterocycles. The van der Waals surface area contributed by atoms with Crippen molar-refractivity contribution in [2.24, 2.45) is 11.8 Å². The Labute approximate surface area is 638 Å². The molecule has 0 saturated carbocycles. The molecule has 17 nitrogen and oxygen atoms in total. The third-order valence-electron chi connectivity index (χ3n) is 20.3. The Morgan fingerprint density at radius 2 is 0.490 bits per heavy atom. The Bertz CT molecular complexity index is 2000. The van der Waals surface area contributed by atoms with Gasteiger partial charge in [0.15, 0.2) is 12.2 Å². The van der Waals surface area contributed by atoms with Gasteiger partial charge in [0.25, 0.3) is 0 Å². The Kier molecular flexibility index (Phi) is 75.0. The maximum absolute atomic E-state index is 13.1. The van der Waals surface area contributed by atoms with Crippen molar-refractivity contribution in [2.75, 3.05) is 39.6 Å². The van der Waals surface area contributed by atoms with E-state index in [2.05, 4.69) is 41.5 Å². The Morgan fingerprint density at radius 3 is 0.731 bits per heavy atom. The summed E-state index contributed by atoms with van der Waals surface area (Å²) in [4.78, 5) is 73.2. The summed E-state index contributed by atoms with van der Waals surface area (Å²) in [7, 11) is -9.93. The predicted molar refractivity (Wildman–Crippen MR) is 428 cm³/mol. The van der Waals surface area contributed by atoms with Crippen LogP contribution in [0, 0.1) is 11.8 Å². The summed E-state index contributed by atoms with van der Waals surface area (Å²) < 4.78 is 68.9. The smallest absolute Gasteiger partial charge is 0.462 e. The second-order valence-corrected chi connectivity index (χ2v) is 34.2. The van der Waals surface area contributed by atoms with Crippen LogP contribution in [0.15, 0.2) is 0 Å². The van der Waals surface area contributed by atoms with Gasteiger partial charge in [-0.3, -0.25) is 37.3 Å². The average molecular weight is 1520 g/mol. The molecule has 0 aromatic rings. The molecule has 0 radical (unpaired) electrons. The van der Waals surface area contributed by atoms with Gasteiger partial charge in [0.2, 0.25) is 0 Å². The van der Waals surface area contributed by atoms with Gasteiger partial charge in [0, 0.05) is 25.7 Å². The highest BCUT2D eigenvalue weighted by Crippen LogP contribution is 2.45. The first-order valence-corrected chi connectivity index (χ1v) is 47.0. The van der Waals surface area contributed by atoms with Crippen LogP contribution in [0.2, 0.25) is 0 Å². The van der Waals surface area contributed by atoms with Gasteiger partial charge in [0.05, 0.1) is 26.4 Å². The van der Waals surface area contributed by atoms with Crippen LogP contribution in [0.25, 0.3) is 0 Å². The monoisotopic (exact) mass is 1520 g/mol. The van der Waals surface area contributed by atoms with Crippen molar-refractivity contribution in [2.45, 2.75) is 471 Å². The molecule has 6 atom stereocenters. The van der Waals surface area contributed by atoms with Gasteiger partial charge >= 0.3 is 39.5 Å². The molecule has 0 heterocycles. The molecule has 0 bridgehead atoms. The van der Waals surface area contributed by atoms with Crippen LogP contribution >= 0.6 is 15.6 Å². The Balaban J connectivity index is 5.25. The number of ether oxygens (including phenoxy) is 4. The van der Waals surface area contributed by atoms with Crippen LogP contribution in [-0.4, -0.2) is 96.7 Å². The first-order chi connectivity index (χ1) is 50.4. The molecule has 0 aromatic carbocycles. The molecular formula is C85H166O17P2. The molecule has 0 rings (SSSR count). The van der Waals surface area contributed by atoms with Gasteiger partial charge in [-0.15, -0.1) is 0 Å². The largest absolute Gasteiger partial charge is 0.472 e. The van der Waals surface area contributed by atoms with Crippen LogP contribution in [0.1, 0.15) is 452 Å². The summed E-state index contributed by atoms with van der Waals surface area (Å²) in [6, 6.07) is 0. The fourth-order valence-corrected chi connectivity index (χ4v) is 14.8. The molecule has 0 aliphatic carbocycles. The van der Waals surface area contributed by atoms with Gasteiger partial charge < -0.3 is 33.8 Å². The van der Waals surface area contributed by atoms with E-state index >= 15 is 0 Å². The summed E-state index contributed by atoms with van der Waals surface area (Å²) in [5.74, 6) is -0.487. The highest BCUT2D eigenvalue weighted by atomic mass is 31.2. The van der Waals surface area contributed by atoms with Gasteiger partial charge in [-0.05, 0) is 37.5 Å². The van der Waals surface area contributed by atoms with E-state index in [1.807, 2.05) is 0 Å². The summed E-state index contributed by atoms with van der Waals surface area (Å²) in [6.07, 6.45) is 67.9. The highest BCUT2D eigenvalue weighted by molar-refractivity contribution is 7.47. The molecule has 0 fully saturated rings. The number of esters is 4. The zero-order valence-electron chi connectivity index (χ0n) is 68.3. The van der Waals surface area contributed by atoms with E-state index in [1.165, 1.54) is 270 Å². The van der Waals surface area contributed by atoms with E-state index in [-0.39, 0.29) is 25.7 Å². The van der Waals surface area contributed by atoms with E-state index in [1.54, 1.807) is 0 Å². The average Bonchev–Trinajstić information content (AvgIpc) is 0.906. The van der Waals surface area contributed by atoms with Gasteiger partial charge in [0.1, 0.15) is 19.3 Å². The molecule has 3 unspecified atom stereocenters. The third kappa shape index (κ3) is 76.8. The lowest BCUT2D eigenvalue weighted by molar-refractivity contribution is -0.161. The number of aliphatic hydroxyl groups excluding tert-OH is 1. The Morgan fingerprint density at radius 1 is 0.279 bits per heavy atom. The number of phosphoric ester groups is 2. The number of hydrogen-bond donors (Lipinski definition) is 3. The number of carbonyl (C=O) groups is 4. The SMILES string of the molecule is CCCCCCCCCCCCCCCCCCCCCCC(=O)O[C@H](COC(=O)CCCCCCCCCCCCCCCCC(C)CC)COP(=O)(O)OC[C@@H](O)COP(=O)(O)OC[C@@H](COC(=O)CCCCCCCCCCCCCC)OC(=O)CCCCCCCCCCCCCC(C)C. The minimum Gasteiger partial charge on any atom is -0.462 e. The number of unbranched alkanes of at least 4 members (excludes halogenated alkanes) is 53. The second-order valence-electron chi connectivity index (χ2n) is 31.3. The lowest BCUT2D eigenvalue weighted by atomic mass is 9.99. The number of carbonyl (C=O) groups excluding carboxylic acids is 4. The normalized spacial score (nSPS) is 14.1. The summed E-state index contributed by atoms with van der Waals surface area (Å²) in [5.41, 5.74) is 0. The minimum absolute atomic E-state index is 0.107. The standard InChI is InChI=1S/C85H166O17P2/c1-7-10-12-14-16-18-20-22-23-24-25-26-27-28-33-39-45-51-57-63-69-84(89)101-80(74-96-83(88)68-62-56-50-44-38-32-30-29-31-36-42-48-54-60-66-78(6)9-3)75-99-103(91,92)97-71-79(86)72-98-104(93,94)100-76-81(73-95-82(87)67-61-55-49-43-37-21-19-17-15-13-11-8-2)102-85(90)70-64-58-52-46-40-34-35-41-47-53-59-65-77(4)5/h77-81,86H,7-76H2,1-6H3,(H,91,92)(H,93,94)/t78?,79-,80-,81-/m1/s1. The molecule has 0 aliphatic heterocycles. The first kappa shape index (κ1) is 102. The van der Waals surface area contributed by atoms with Crippen molar-refractivity contribution in [3.63, 3.8) is 0 Å². The van der Waals surface area contributed by atoms with Crippen LogP contribution < -0.4 is 0 Å². The third-order valence-corrected chi connectivity index (χ3v) is 22.2. The molecule has 0 amide bonds. The molecule has 104 heavy (non-hydrogen) atoms.